The van der Waals surface area contributed by atoms with Gasteiger partial charge in [-0.1, -0.05) is 0 Å². The van der Waals surface area contributed by atoms with Gasteiger partial charge in [-0.2, -0.15) is 0 Å². The number of benzene rings is 1. The minimum Gasteiger partial charge on any atom is -0.339 e. The summed E-state index contributed by atoms with van der Waals surface area (Å²) in [6.45, 7) is -1.17. The highest BCUT2D eigenvalue weighted by atomic mass is 32.2. The van der Waals surface area contributed by atoms with Gasteiger partial charge in [0.25, 0.3) is 11.8 Å². The van der Waals surface area contributed by atoms with Crippen molar-refractivity contribution in [3.63, 3.8) is 0 Å². The maximum absolute atomic E-state index is 14.1. The largest absolute Gasteiger partial charge is 0.339 e. The van der Waals surface area contributed by atoms with Crippen LogP contribution >= 0.6 is 0 Å². The summed E-state index contributed by atoms with van der Waals surface area (Å²) < 4.78 is 65.8. The second kappa shape index (κ2) is 7.08. The lowest BCUT2D eigenvalue weighted by molar-refractivity contribution is 0.0170. The fraction of sp³-hybridized carbons (Fsp3) is 0.500. The normalized spacial score (nSPS) is 15.8. The molecule has 6 nitrogen and oxygen atoms in total. The molecule has 1 aromatic rings. The van der Waals surface area contributed by atoms with E-state index in [9.17, 15) is 26.4 Å². The average Bonchev–Trinajstić information content (AvgIpc) is 3.07. The van der Waals surface area contributed by atoms with Crippen LogP contribution in [0.15, 0.2) is 23.1 Å². The highest BCUT2D eigenvalue weighted by Gasteiger charge is 2.30. The number of carbonyl (C=O) groups excluding carboxylic acids is 1. The van der Waals surface area contributed by atoms with Gasteiger partial charge in [-0.25, -0.2) is 26.3 Å². The zero-order valence-corrected chi connectivity index (χ0v) is 13.6. The standard InChI is InChI=1S/C14H18F3N3O3S/c15-12-7-10(24(22,23)19-9-14(16,17)8-18)3-4-11(12)13(21)20-5-1-2-6-20/h3-4,7,19H,1-2,5-6,8-9,18H2. The number of hydrogen-bond donors (Lipinski definition) is 2. The maximum Gasteiger partial charge on any atom is 0.273 e. The van der Waals surface area contributed by atoms with Crippen molar-refractivity contribution in [1.82, 2.24) is 9.62 Å². The first-order valence-electron chi connectivity index (χ1n) is 7.33. The van der Waals surface area contributed by atoms with Crippen LogP contribution in [0, 0.1) is 5.82 Å². The summed E-state index contributed by atoms with van der Waals surface area (Å²) in [5.74, 6) is -4.94. The zero-order chi connectivity index (χ0) is 18.0. The van der Waals surface area contributed by atoms with Crippen molar-refractivity contribution in [2.75, 3.05) is 26.2 Å². The Labute approximate surface area is 137 Å². The molecule has 0 saturated carbocycles. The molecule has 0 unspecified atom stereocenters. The van der Waals surface area contributed by atoms with E-state index in [1.165, 1.54) is 4.90 Å². The number of hydrogen-bond acceptors (Lipinski definition) is 4. The molecule has 0 aliphatic carbocycles. The number of amides is 1. The molecule has 1 aliphatic heterocycles. The molecule has 1 fully saturated rings. The van der Waals surface area contributed by atoms with Gasteiger partial charge in [0.1, 0.15) is 5.82 Å². The van der Waals surface area contributed by atoms with E-state index in [1.807, 2.05) is 0 Å². The first-order valence-corrected chi connectivity index (χ1v) is 8.81. The number of rotatable bonds is 6. The SMILES string of the molecule is NCC(F)(F)CNS(=O)(=O)c1ccc(C(=O)N2CCCC2)c(F)c1. The molecule has 3 N–H and O–H groups in total. The van der Waals surface area contributed by atoms with E-state index in [0.29, 0.717) is 19.2 Å². The molecule has 0 radical (unpaired) electrons. The summed E-state index contributed by atoms with van der Waals surface area (Å²) in [6.07, 6.45) is 1.66. The van der Waals surface area contributed by atoms with Crippen LogP contribution in [0.25, 0.3) is 0 Å². The molecule has 1 aromatic carbocycles. The summed E-state index contributed by atoms with van der Waals surface area (Å²) in [6, 6.07) is 2.70. The minimum absolute atomic E-state index is 0.247. The molecule has 0 bridgehead atoms. The van der Waals surface area contributed by atoms with Gasteiger partial charge in [-0.05, 0) is 31.0 Å². The van der Waals surface area contributed by atoms with Crippen LogP contribution in [-0.2, 0) is 10.0 Å². The minimum atomic E-state index is -4.34. The molecular formula is C14H18F3N3O3S. The van der Waals surface area contributed by atoms with E-state index in [0.717, 1.165) is 25.0 Å². The Kier molecular flexibility index (Phi) is 5.51. The number of nitrogens with two attached hydrogens (primary N) is 1. The Morgan fingerprint density at radius 2 is 1.92 bits per heavy atom. The molecule has 1 amide bonds. The van der Waals surface area contributed by atoms with E-state index in [2.05, 4.69) is 0 Å². The molecule has 1 heterocycles. The van der Waals surface area contributed by atoms with Crippen LogP contribution in [-0.4, -0.2) is 51.3 Å². The highest BCUT2D eigenvalue weighted by Crippen LogP contribution is 2.19. The molecule has 10 heteroatoms. The van der Waals surface area contributed by atoms with Gasteiger partial charge in [0.15, 0.2) is 0 Å². The maximum atomic E-state index is 14.1. The number of likely N-dealkylation sites (tertiary alicyclic amines) is 1. The second-order valence-corrected chi connectivity index (χ2v) is 7.29. The summed E-state index contributed by atoms with van der Waals surface area (Å²) in [4.78, 5) is 13.1. The monoisotopic (exact) mass is 365 g/mol. The van der Waals surface area contributed by atoms with Crippen molar-refractivity contribution in [1.29, 1.82) is 0 Å². The molecule has 0 aromatic heterocycles. The number of nitrogens with one attached hydrogen (secondary N) is 1. The van der Waals surface area contributed by atoms with E-state index < -0.39 is 45.7 Å². The van der Waals surface area contributed by atoms with Gasteiger partial charge in [-0.15, -0.1) is 0 Å². The lowest BCUT2D eigenvalue weighted by Crippen LogP contribution is -2.41. The summed E-state index contributed by atoms with van der Waals surface area (Å²) >= 11 is 0. The first kappa shape index (κ1) is 18.7. The predicted octanol–water partition coefficient (Wildman–Crippen LogP) is 0.934. The topological polar surface area (TPSA) is 92.5 Å². The van der Waals surface area contributed by atoms with Crippen LogP contribution in [0.1, 0.15) is 23.2 Å². The number of alkyl halides is 2. The fourth-order valence-electron chi connectivity index (χ4n) is 2.28. The predicted molar refractivity (Wildman–Crippen MR) is 80.7 cm³/mol. The van der Waals surface area contributed by atoms with Crippen molar-refractivity contribution < 1.29 is 26.4 Å². The van der Waals surface area contributed by atoms with Gasteiger partial charge in [-0.3, -0.25) is 4.79 Å². The second-order valence-electron chi connectivity index (χ2n) is 5.53. The Morgan fingerprint density at radius 1 is 1.29 bits per heavy atom. The van der Waals surface area contributed by atoms with Crippen molar-refractivity contribution in [2.45, 2.75) is 23.7 Å². The van der Waals surface area contributed by atoms with Crippen molar-refractivity contribution in [2.24, 2.45) is 5.73 Å². The van der Waals surface area contributed by atoms with Crippen LogP contribution < -0.4 is 10.5 Å². The molecular weight excluding hydrogens is 347 g/mol. The van der Waals surface area contributed by atoms with Gasteiger partial charge >= 0.3 is 0 Å². The molecule has 1 aliphatic rings. The van der Waals surface area contributed by atoms with E-state index in [-0.39, 0.29) is 5.56 Å². The summed E-state index contributed by atoms with van der Waals surface area (Å²) in [7, 11) is -4.34. The van der Waals surface area contributed by atoms with Gasteiger partial charge in [0.2, 0.25) is 10.0 Å². The van der Waals surface area contributed by atoms with Gasteiger partial charge in [0.05, 0.1) is 23.5 Å². The summed E-state index contributed by atoms with van der Waals surface area (Å²) in [5, 5.41) is 0. The quantitative estimate of drug-likeness (QED) is 0.785. The third-order valence-electron chi connectivity index (χ3n) is 3.69. The summed E-state index contributed by atoms with van der Waals surface area (Å²) in [5.41, 5.74) is 4.58. The number of halogens is 3. The number of nitrogens with zero attached hydrogens (tertiary/aromatic N) is 1. The Balaban J connectivity index is 2.17. The lowest BCUT2D eigenvalue weighted by atomic mass is 10.2. The van der Waals surface area contributed by atoms with Crippen LogP contribution in [0.5, 0.6) is 0 Å². The Hall–Kier alpha value is -1.65. The fourth-order valence-corrected chi connectivity index (χ4v) is 3.36. The number of carbonyl (C=O) groups is 1. The average molecular weight is 365 g/mol. The van der Waals surface area contributed by atoms with Crippen molar-refractivity contribution >= 4 is 15.9 Å². The zero-order valence-electron chi connectivity index (χ0n) is 12.8. The van der Waals surface area contributed by atoms with Crippen molar-refractivity contribution in [3.05, 3.63) is 29.6 Å². The molecule has 0 spiro atoms. The van der Waals surface area contributed by atoms with E-state index in [4.69, 9.17) is 5.73 Å². The van der Waals surface area contributed by atoms with E-state index >= 15 is 0 Å². The van der Waals surface area contributed by atoms with Crippen LogP contribution in [0.2, 0.25) is 0 Å². The first-order chi connectivity index (χ1) is 11.2. The highest BCUT2D eigenvalue weighted by molar-refractivity contribution is 7.89. The van der Waals surface area contributed by atoms with E-state index in [1.54, 1.807) is 4.72 Å². The molecule has 1 saturated heterocycles. The third kappa shape index (κ3) is 4.25. The lowest BCUT2D eigenvalue weighted by Gasteiger charge is -2.17. The van der Waals surface area contributed by atoms with Gasteiger partial charge in [0, 0.05) is 13.1 Å². The smallest absolute Gasteiger partial charge is 0.273 e. The molecule has 0 atom stereocenters. The number of sulfonamides is 1. The molecule has 2 rings (SSSR count). The van der Waals surface area contributed by atoms with Crippen LogP contribution in [0.4, 0.5) is 13.2 Å². The van der Waals surface area contributed by atoms with Gasteiger partial charge < -0.3 is 10.6 Å². The Morgan fingerprint density at radius 3 is 2.46 bits per heavy atom. The molecule has 24 heavy (non-hydrogen) atoms. The third-order valence-corrected chi connectivity index (χ3v) is 5.09. The van der Waals surface area contributed by atoms with Crippen LogP contribution in [0.3, 0.4) is 0 Å². The molecule has 134 valence electrons. The van der Waals surface area contributed by atoms with Crippen molar-refractivity contribution in [3.8, 4) is 0 Å². The Bertz CT molecular complexity index is 719.